The Morgan fingerprint density at radius 2 is 1.86 bits per heavy atom. The first-order valence-corrected chi connectivity index (χ1v) is 16.0. The number of aromatic nitrogens is 2. The Morgan fingerprint density at radius 3 is 2.49 bits per heavy atom. The number of para-hydroxylation sites is 1. The van der Waals surface area contributed by atoms with Gasteiger partial charge in [-0.05, 0) is 60.8 Å². The van der Waals surface area contributed by atoms with E-state index in [1.807, 2.05) is 0 Å². The van der Waals surface area contributed by atoms with Gasteiger partial charge in [0, 0.05) is 16.9 Å². The molecule has 1 atom stereocenters. The number of benzene rings is 1. The van der Waals surface area contributed by atoms with Crippen LogP contribution in [0.3, 0.4) is 0 Å². The molecular formula is C29H33F3N4O5S2. The first-order valence-electron chi connectivity index (χ1n) is 13.6. The Kier molecular flexibility index (Phi) is 9.21. The number of halogens is 3. The summed E-state index contributed by atoms with van der Waals surface area (Å²) in [5, 5.41) is 2.01. The summed E-state index contributed by atoms with van der Waals surface area (Å²) in [6.45, 7) is 6.48. The third-order valence-corrected chi connectivity index (χ3v) is 10.2. The predicted molar refractivity (Wildman–Crippen MR) is 157 cm³/mol. The molecule has 232 valence electrons. The minimum Gasteiger partial charge on any atom is -0.496 e. The van der Waals surface area contributed by atoms with E-state index in [0.717, 1.165) is 23.3 Å². The number of anilines is 1. The molecule has 2 aromatic heterocycles. The SMILES string of the molecule is COc1ccccc1-c1cc(C(F)(F)F)nc(S(=O)(=O)CCCC(=O)Nc2sc3c(c2C(N)=O)CC[C@H](C(C)(C)C)C3)n1. The fourth-order valence-corrected chi connectivity index (χ4v) is 7.61. The second-order valence-electron chi connectivity index (χ2n) is 11.5. The molecule has 0 unspecified atom stereocenters. The number of hydrogen-bond acceptors (Lipinski definition) is 8. The normalized spacial score (nSPS) is 15.6. The van der Waals surface area contributed by atoms with Crippen molar-refractivity contribution in [3.8, 4) is 17.0 Å². The average molecular weight is 639 g/mol. The van der Waals surface area contributed by atoms with Gasteiger partial charge in [0.2, 0.25) is 20.9 Å². The van der Waals surface area contributed by atoms with Crippen molar-refractivity contribution in [2.45, 2.75) is 64.2 Å². The maximum absolute atomic E-state index is 13.7. The van der Waals surface area contributed by atoms with Crippen LogP contribution >= 0.6 is 11.3 Å². The predicted octanol–water partition coefficient (Wildman–Crippen LogP) is 5.68. The van der Waals surface area contributed by atoms with Crippen LogP contribution in [0.4, 0.5) is 18.2 Å². The number of carbonyl (C=O) groups is 2. The second-order valence-corrected chi connectivity index (χ2v) is 14.6. The molecule has 0 bridgehead atoms. The molecule has 3 aromatic rings. The van der Waals surface area contributed by atoms with Crippen LogP contribution in [0.15, 0.2) is 35.5 Å². The van der Waals surface area contributed by atoms with Gasteiger partial charge in [-0.15, -0.1) is 11.3 Å². The molecular weight excluding hydrogens is 605 g/mol. The number of primary amides is 1. The van der Waals surface area contributed by atoms with E-state index in [1.165, 1.54) is 30.6 Å². The lowest BCUT2D eigenvalue weighted by Crippen LogP contribution is -2.27. The molecule has 4 rings (SSSR count). The van der Waals surface area contributed by atoms with Crippen LogP contribution in [0.25, 0.3) is 11.3 Å². The van der Waals surface area contributed by atoms with Crippen molar-refractivity contribution in [1.82, 2.24) is 9.97 Å². The number of ether oxygens (including phenoxy) is 1. The standard InChI is InChI=1S/C29H33F3N4O5S2/c1-28(2,3)16-11-12-18-21(14-16)42-26(24(18)25(33)38)36-23(37)10-7-13-43(39,40)27-34-19(15-22(35-27)29(30,31)32)17-8-5-6-9-20(17)41-4/h5-6,8-9,15-16H,7,10-14H2,1-4H3,(H2,33,38)(H,36,37)/t16-/m0/s1. The van der Waals surface area contributed by atoms with Gasteiger partial charge in [0.15, 0.2) is 0 Å². The Hall–Kier alpha value is -3.52. The topological polar surface area (TPSA) is 141 Å². The Morgan fingerprint density at radius 1 is 1.16 bits per heavy atom. The number of nitrogens with zero attached hydrogens (tertiary/aromatic N) is 2. The first-order chi connectivity index (χ1) is 20.0. The minimum atomic E-state index is -4.94. The fourth-order valence-electron chi connectivity index (χ4n) is 5.08. The zero-order valence-electron chi connectivity index (χ0n) is 24.2. The number of methoxy groups -OCH3 is 1. The maximum Gasteiger partial charge on any atom is 0.433 e. The number of nitrogens with one attached hydrogen (secondary N) is 1. The van der Waals surface area contributed by atoms with Gasteiger partial charge < -0.3 is 15.8 Å². The second kappa shape index (κ2) is 12.2. The van der Waals surface area contributed by atoms with Gasteiger partial charge in [0.05, 0.1) is 24.1 Å². The first kappa shape index (κ1) is 32.4. The number of thiophene rings is 1. The van der Waals surface area contributed by atoms with Crippen molar-refractivity contribution in [1.29, 1.82) is 0 Å². The molecule has 1 aliphatic carbocycles. The summed E-state index contributed by atoms with van der Waals surface area (Å²) in [5.74, 6) is -1.28. The molecule has 0 spiro atoms. The number of fused-ring (bicyclic) bond motifs is 1. The molecule has 14 heteroatoms. The van der Waals surface area contributed by atoms with Crippen LogP contribution in [-0.2, 0) is 33.6 Å². The van der Waals surface area contributed by atoms with Gasteiger partial charge in [0.1, 0.15) is 16.4 Å². The van der Waals surface area contributed by atoms with Gasteiger partial charge in [-0.2, -0.15) is 13.2 Å². The zero-order chi connectivity index (χ0) is 31.7. The minimum absolute atomic E-state index is 0.0702. The largest absolute Gasteiger partial charge is 0.496 e. The Balaban J connectivity index is 1.50. The molecule has 2 heterocycles. The zero-order valence-corrected chi connectivity index (χ0v) is 25.8. The van der Waals surface area contributed by atoms with E-state index in [0.29, 0.717) is 23.4 Å². The number of alkyl halides is 3. The molecule has 9 nitrogen and oxygen atoms in total. The molecule has 43 heavy (non-hydrogen) atoms. The van der Waals surface area contributed by atoms with Gasteiger partial charge in [-0.1, -0.05) is 32.9 Å². The highest BCUT2D eigenvalue weighted by atomic mass is 32.2. The molecule has 0 saturated carbocycles. The quantitative estimate of drug-likeness (QED) is 0.288. The van der Waals surface area contributed by atoms with Crippen LogP contribution in [0, 0.1) is 11.3 Å². The Labute approximate surface area is 252 Å². The van der Waals surface area contributed by atoms with Gasteiger partial charge >= 0.3 is 6.18 Å². The van der Waals surface area contributed by atoms with Crippen molar-refractivity contribution in [3.05, 3.63) is 52.0 Å². The van der Waals surface area contributed by atoms with E-state index in [2.05, 4.69) is 36.1 Å². The van der Waals surface area contributed by atoms with Crippen LogP contribution in [0.1, 0.15) is 66.5 Å². The fraction of sp³-hybridized carbons (Fsp3) is 0.448. The molecule has 0 radical (unpaired) electrons. The highest BCUT2D eigenvalue weighted by Crippen LogP contribution is 2.44. The maximum atomic E-state index is 13.7. The third kappa shape index (κ3) is 7.35. The molecule has 1 aliphatic rings. The summed E-state index contributed by atoms with van der Waals surface area (Å²) in [4.78, 5) is 33.3. The van der Waals surface area contributed by atoms with Crippen molar-refractivity contribution in [2.75, 3.05) is 18.2 Å². The van der Waals surface area contributed by atoms with Crippen LogP contribution < -0.4 is 15.8 Å². The van der Waals surface area contributed by atoms with E-state index in [-0.39, 0.29) is 40.8 Å². The molecule has 3 N–H and O–H groups in total. The smallest absolute Gasteiger partial charge is 0.433 e. The van der Waals surface area contributed by atoms with Crippen molar-refractivity contribution in [2.24, 2.45) is 17.1 Å². The average Bonchev–Trinajstić information content (AvgIpc) is 3.28. The number of hydrogen-bond donors (Lipinski definition) is 2. The highest BCUT2D eigenvalue weighted by Gasteiger charge is 2.36. The van der Waals surface area contributed by atoms with Crippen LogP contribution in [0.2, 0.25) is 0 Å². The number of sulfone groups is 1. The van der Waals surface area contributed by atoms with Crippen LogP contribution in [-0.4, -0.2) is 43.1 Å². The van der Waals surface area contributed by atoms with E-state index in [9.17, 15) is 31.2 Å². The van der Waals surface area contributed by atoms with E-state index in [4.69, 9.17) is 10.5 Å². The molecule has 0 saturated heterocycles. The highest BCUT2D eigenvalue weighted by molar-refractivity contribution is 7.91. The number of amides is 2. The van der Waals surface area contributed by atoms with Gasteiger partial charge in [-0.25, -0.2) is 18.4 Å². The van der Waals surface area contributed by atoms with Crippen molar-refractivity contribution < 1.29 is 35.9 Å². The number of carbonyl (C=O) groups excluding carboxylic acids is 2. The lowest BCUT2D eigenvalue weighted by Gasteiger charge is -2.33. The summed E-state index contributed by atoms with van der Waals surface area (Å²) in [5.41, 5.74) is 5.29. The molecule has 1 aromatic carbocycles. The van der Waals surface area contributed by atoms with Crippen LogP contribution in [0.5, 0.6) is 5.75 Å². The van der Waals surface area contributed by atoms with E-state index < -0.39 is 44.4 Å². The lowest BCUT2D eigenvalue weighted by molar-refractivity contribution is -0.141. The lowest BCUT2D eigenvalue weighted by atomic mass is 9.72. The summed E-state index contributed by atoms with van der Waals surface area (Å²) in [6, 6.07) is 6.78. The summed E-state index contributed by atoms with van der Waals surface area (Å²) < 4.78 is 72.3. The molecule has 2 amide bonds. The number of rotatable bonds is 9. The summed E-state index contributed by atoms with van der Waals surface area (Å²) >= 11 is 1.29. The van der Waals surface area contributed by atoms with E-state index in [1.54, 1.807) is 12.1 Å². The molecule has 0 aliphatic heterocycles. The summed E-state index contributed by atoms with van der Waals surface area (Å²) in [7, 11) is -3.09. The van der Waals surface area contributed by atoms with Gasteiger partial charge in [0.25, 0.3) is 5.91 Å². The van der Waals surface area contributed by atoms with Gasteiger partial charge in [-0.3, -0.25) is 9.59 Å². The monoisotopic (exact) mass is 638 g/mol. The van der Waals surface area contributed by atoms with Crippen molar-refractivity contribution in [3.63, 3.8) is 0 Å². The Bertz CT molecular complexity index is 1650. The summed E-state index contributed by atoms with van der Waals surface area (Å²) in [6.07, 6.45) is -3.13. The number of nitrogens with two attached hydrogens (primary N) is 1. The van der Waals surface area contributed by atoms with E-state index >= 15 is 0 Å². The van der Waals surface area contributed by atoms with Crippen molar-refractivity contribution >= 4 is 38.0 Å². The third-order valence-electron chi connectivity index (χ3n) is 7.46. The molecule has 0 fully saturated rings.